The lowest BCUT2D eigenvalue weighted by atomic mass is 10.4. The van der Waals surface area contributed by atoms with Crippen LogP contribution < -0.4 is 5.32 Å². The lowest BCUT2D eigenvalue weighted by molar-refractivity contribution is 0.652. The van der Waals surface area contributed by atoms with Gasteiger partial charge in [0.05, 0.1) is 0 Å². The Kier molecular flexibility index (Phi) is 3.18. The predicted molar refractivity (Wildman–Crippen MR) is 62.8 cm³/mol. The lowest BCUT2D eigenvalue weighted by Crippen LogP contribution is -2.14. The first-order chi connectivity index (χ1) is 7.25. The summed E-state index contributed by atoms with van der Waals surface area (Å²) in [6.07, 6.45) is 2.06. The third-order valence-corrected chi connectivity index (χ3v) is 3.27. The second-order valence-electron chi connectivity index (χ2n) is 3.60. The molecule has 0 aliphatic carbocycles. The van der Waals surface area contributed by atoms with Crippen LogP contribution in [0, 0.1) is 6.92 Å². The maximum atomic E-state index is 4.40. The van der Waals surface area contributed by atoms with Crippen LogP contribution in [0.4, 0.5) is 0 Å². The van der Waals surface area contributed by atoms with Gasteiger partial charge >= 0.3 is 0 Å². The van der Waals surface area contributed by atoms with Crippen molar-refractivity contribution in [2.45, 2.75) is 20.0 Å². The summed E-state index contributed by atoms with van der Waals surface area (Å²) >= 11 is 1.71. The van der Waals surface area contributed by atoms with E-state index in [2.05, 4.69) is 45.6 Å². The largest absolute Gasteiger partial charge is 0.353 e. The minimum Gasteiger partial charge on any atom is -0.353 e. The molecular weight excluding hydrogens is 206 g/mol. The zero-order chi connectivity index (χ0) is 10.7. The summed E-state index contributed by atoms with van der Waals surface area (Å²) in [7, 11) is 2.06. The zero-order valence-electron chi connectivity index (χ0n) is 9.03. The minimum absolute atomic E-state index is 0.851. The molecule has 0 saturated heterocycles. The summed E-state index contributed by atoms with van der Waals surface area (Å²) in [6.45, 7) is 3.77. The summed E-state index contributed by atoms with van der Waals surface area (Å²) in [4.78, 5) is 4.40. The monoisotopic (exact) mass is 221 g/mol. The Labute approximate surface area is 93.8 Å². The van der Waals surface area contributed by atoms with Gasteiger partial charge in [-0.2, -0.15) is 0 Å². The first-order valence-electron chi connectivity index (χ1n) is 4.97. The van der Waals surface area contributed by atoms with E-state index < -0.39 is 0 Å². The highest BCUT2D eigenvalue weighted by Gasteiger charge is 1.99. The fourth-order valence-electron chi connectivity index (χ4n) is 1.46. The Bertz CT molecular complexity index is 430. The van der Waals surface area contributed by atoms with Gasteiger partial charge in [0.15, 0.2) is 0 Å². The van der Waals surface area contributed by atoms with Gasteiger partial charge in [0, 0.05) is 43.1 Å². The van der Waals surface area contributed by atoms with Crippen molar-refractivity contribution in [1.82, 2.24) is 14.9 Å². The van der Waals surface area contributed by atoms with Crippen LogP contribution in [0.2, 0.25) is 0 Å². The van der Waals surface area contributed by atoms with Crippen molar-refractivity contribution in [1.29, 1.82) is 0 Å². The van der Waals surface area contributed by atoms with Gasteiger partial charge in [-0.25, -0.2) is 4.98 Å². The average Bonchev–Trinajstić information content (AvgIpc) is 2.77. The van der Waals surface area contributed by atoms with E-state index in [1.54, 1.807) is 11.3 Å². The second-order valence-corrected chi connectivity index (χ2v) is 4.54. The van der Waals surface area contributed by atoms with Crippen LogP contribution in [0.5, 0.6) is 0 Å². The van der Waals surface area contributed by atoms with E-state index in [4.69, 9.17) is 0 Å². The van der Waals surface area contributed by atoms with Gasteiger partial charge in [-0.05, 0) is 19.1 Å². The Hall–Kier alpha value is -1.13. The van der Waals surface area contributed by atoms with Gasteiger partial charge in [-0.1, -0.05) is 0 Å². The molecule has 0 atom stereocenters. The van der Waals surface area contributed by atoms with Gasteiger partial charge in [0.25, 0.3) is 0 Å². The van der Waals surface area contributed by atoms with Gasteiger partial charge in [0.1, 0.15) is 5.01 Å². The standard InChI is InChI=1S/C11H15N3S/c1-9-8-15-11(13-9)7-12-6-10-4-3-5-14(10)2/h3-5,8,12H,6-7H2,1-2H3. The van der Waals surface area contributed by atoms with Crippen LogP contribution in [0.3, 0.4) is 0 Å². The SMILES string of the molecule is Cc1csc(CNCc2cccn2C)n1. The molecule has 3 nitrogen and oxygen atoms in total. The molecule has 0 aromatic carbocycles. The molecule has 2 heterocycles. The maximum Gasteiger partial charge on any atom is 0.107 e. The maximum absolute atomic E-state index is 4.40. The van der Waals surface area contributed by atoms with Gasteiger partial charge < -0.3 is 9.88 Å². The highest BCUT2D eigenvalue weighted by atomic mass is 32.1. The number of hydrogen-bond acceptors (Lipinski definition) is 3. The number of nitrogens with one attached hydrogen (secondary N) is 1. The number of hydrogen-bond donors (Lipinski definition) is 1. The van der Waals surface area contributed by atoms with Crippen LogP contribution in [0.25, 0.3) is 0 Å². The fourth-order valence-corrected chi connectivity index (χ4v) is 2.20. The van der Waals surface area contributed by atoms with Gasteiger partial charge in [0.2, 0.25) is 0 Å². The van der Waals surface area contributed by atoms with E-state index in [1.807, 2.05) is 6.92 Å². The Balaban J connectivity index is 1.83. The summed E-state index contributed by atoms with van der Waals surface area (Å²) in [5.41, 5.74) is 2.40. The molecule has 2 aromatic rings. The highest BCUT2D eigenvalue weighted by molar-refractivity contribution is 7.09. The van der Waals surface area contributed by atoms with E-state index in [1.165, 1.54) is 5.69 Å². The number of nitrogens with zero attached hydrogens (tertiary/aromatic N) is 2. The fraction of sp³-hybridized carbons (Fsp3) is 0.364. The predicted octanol–water partition coefficient (Wildman–Crippen LogP) is 2.08. The molecular formula is C11H15N3S. The van der Waals surface area contributed by atoms with E-state index in [9.17, 15) is 0 Å². The highest BCUT2D eigenvalue weighted by Crippen LogP contribution is 2.08. The number of thiazole rings is 1. The molecule has 0 amide bonds. The minimum atomic E-state index is 0.851. The van der Waals surface area contributed by atoms with E-state index >= 15 is 0 Å². The molecule has 0 spiro atoms. The molecule has 0 bridgehead atoms. The van der Waals surface area contributed by atoms with E-state index in [0.717, 1.165) is 23.8 Å². The van der Waals surface area contributed by atoms with Crippen molar-refractivity contribution in [3.8, 4) is 0 Å². The Morgan fingerprint density at radius 3 is 2.93 bits per heavy atom. The van der Waals surface area contributed by atoms with Crippen LogP contribution >= 0.6 is 11.3 Å². The molecule has 0 saturated carbocycles. The summed E-state index contributed by atoms with van der Waals surface area (Å²) in [6, 6.07) is 4.19. The van der Waals surface area contributed by atoms with E-state index in [-0.39, 0.29) is 0 Å². The summed E-state index contributed by atoms with van der Waals surface area (Å²) in [5.74, 6) is 0. The molecule has 2 rings (SSSR count). The normalized spacial score (nSPS) is 10.8. The van der Waals surface area contributed by atoms with E-state index in [0.29, 0.717) is 0 Å². The zero-order valence-corrected chi connectivity index (χ0v) is 9.84. The van der Waals surface area contributed by atoms with Gasteiger partial charge in [-0.3, -0.25) is 0 Å². The first-order valence-corrected chi connectivity index (χ1v) is 5.85. The second kappa shape index (κ2) is 4.59. The molecule has 0 aliphatic heterocycles. The number of aromatic nitrogens is 2. The molecule has 0 fully saturated rings. The Morgan fingerprint density at radius 2 is 2.33 bits per heavy atom. The topological polar surface area (TPSA) is 29.9 Å². The third kappa shape index (κ3) is 2.67. The van der Waals surface area contributed by atoms with Crippen molar-refractivity contribution < 1.29 is 0 Å². The molecule has 0 radical (unpaired) electrons. The molecule has 80 valence electrons. The molecule has 0 aliphatic rings. The first kappa shape index (κ1) is 10.4. The molecule has 2 aromatic heterocycles. The number of aryl methyl sites for hydroxylation is 2. The molecule has 4 heteroatoms. The quantitative estimate of drug-likeness (QED) is 0.856. The molecule has 1 N–H and O–H groups in total. The van der Waals surface area contributed by atoms with Crippen molar-refractivity contribution in [2.75, 3.05) is 0 Å². The van der Waals surface area contributed by atoms with Crippen molar-refractivity contribution >= 4 is 11.3 Å². The lowest BCUT2D eigenvalue weighted by Gasteiger charge is -2.03. The summed E-state index contributed by atoms with van der Waals surface area (Å²) in [5, 5.41) is 6.62. The van der Waals surface area contributed by atoms with Crippen molar-refractivity contribution in [2.24, 2.45) is 7.05 Å². The van der Waals surface area contributed by atoms with Crippen LogP contribution in [-0.2, 0) is 20.1 Å². The van der Waals surface area contributed by atoms with Crippen LogP contribution in [-0.4, -0.2) is 9.55 Å². The average molecular weight is 221 g/mol. The smallest absolute Gasteiger partial charge is 0.107 e. The van der Waals surface area contributed by atoms with Crippen LogP contribution in [0.1, 0.15) is 16.4 Å². The summed E-state index contributed by atoms with van der Waals surface area (Å²) < 4.78 is 2.13. The third-order valence-electron chi connectivity index (χ3n) is 2.30. The van der Waals surface area contributed by atoms with Crippen molar-refractivity contribution in [3.05, 3.63) is 40.1 Å². The Morgan fingerprint density at radius 1 is 1.47 bits per heavy atom. The number of rotatable bonds is 4. The van der Waals surface area contributed by atoms with Gasteiger partial charge in [-0.15, -0.1) is 11.3 Å². The molecule has 15 heavy (non-hydrogen) atoms. The molecule has 0 unspecified atom stereocenters. The van der Waals surface area contributed by atoms with Crippen molar-refractivity contribution in [3.63, 3.8) is 0 Å². The van der Waals surface area contributed by atoms with Crippen LogP contribution in [0.15, 0.2) is 23.7 Å².